The van der Waals surface area contributed by atoms with E-state index in [-0.39, 0.29) is 24.0 Å². The predicted molar refractivity (Wildman–Crippen MR) is 110 cm³/mol. The number of aliphatic imine (C=N–C) groups is 1. The Morgan fingerprint density at radius 1 is 1.42 bits per heavy atom. The van der Waals surface area contributed by atoms with Gasteiger partial charge in [0, 0.05) is 44.5 Å². The fourth-order valence-electron chi connectivity index (χ4n) is 3.14. The molecule has 1 fully saturated rings. The molecule has 0 amide bonds. The zero-order valence-electron chi connectivity index (χ0n) is 15.3. The van der Waals surface area contributed by atoms with Crippen LogP contribution in [-0.4, -0.2) is 66.6 Å². The summed E-state index contributed by atoms with van der Waals surface area (Å²) in [5, 5.41) is 4.80. The molecule has 1 saturated heterocycles. The average Bonchev–Trinajstić information content (AvgIpc) is 3.22. The van der Waals surface area contributed by atoms with Crippen LogP contribution in [0.15, 0.2) is 10.4 Å². The molecule has 0 saturated carbocycles. The fraction of sp³-hybridized carbons (Fsp3) is 0.750. The first-order valence-electron chi connectivity index (χ1n) is 8.60. The zero-order chi connectivity index (χ0) is 18.4. The molecule has 0 radical (unpaired) electrons. The Balaban J connectivity index is 0.00000338. The van der Waals surface area contributed by atoms with Crippen molar-refractivity contribution in [3.05, 3.63) is 16.1 Å². The van der Waals surface area contributed by atoms with Gasteiger partial charge in [-0.2, -0.15) is 13.2 Å². The van der Waals surface area contributed by atoms with Crippen LogP contribution in [0.3, 0.4) is 0 Å². The Morgan fingerprint density at radius 2 is 2.12 bits per heavy atom. The number of hydrogen-bond acceptors (Lipinski definition) is 4. The van der Waals surface area contributed by atoms with Crippen LogP contribution < -0.4 is 5.32 Å². The molecule has 0 aromatic carbocycles. The summed E-state index contributed by atoms with van der Waals surface area (Å²) in [6.45, 7) is 8.79. The van der Waals surface area contributed by atoms with Gasteiger partial charge in [0.05, 0.1) is 5.01 Å². The highest BCUT2D eigenvalue weighted by atomic mass is 127. The van der Waals surface area contributed by atoms with Gasteiger partial charge in [-0.3, -0.25) is 9.89 Å². The molecule has 2 rings (SSSR count). The highest BCUT2D eigenvalue weighted by Crippen LogP contribution is 2.30. The summed E-state index contributed by atoms with van der Waals surface area (Å²) < 4.78 is 37.7. The largest absolute Gasteiger partial charge is 0.434 e. The molecule has 1 aromatic rings. The monoisotopic (exact) mass is 505 g/mol. The van der Waals surface area contributed by atoms with Gasteiger partial charge < -0.3 is 10.2 Å². The van der Waals surface area contributed by atoms with E-state index in [1.54, 1.807) is 7.05 Å². The number of likely N-dealkylation sites (N-methyl/N-ethyl adjacent to an activating group) is 1. The third-order valence-corrected chi connectivity index (χ3v) is 5.38. The number of thiazole rings is 1. The highest BCUT2D eigenvalue weighted by Gasteiger charge is 2.33. The second-order valence-corrected chi connectivity index (χ2v) is 6.90. The zero-order valence-corrected chi connectivity index (χ0v) is 18.5. The number of guanidine groups is 1. The summed E-state index contributed by atoms with van der Waals surface area (Å²) in [7, 11) is 1.73. The van der Waals surface area contributed by atoms with E-state index in [0.29, 0.717) is 24.0 Å². The smallest absolute Gasteiger partial charge is 0.356 e. The summed E-state index contributed by atoms with van der Waals surface area (Å²) >= 11 is 1.05. The molecule has 1 aliphatic rings. The minimum atomic E-state index is -4.37. The summed E-state index contributed by atoms with van der Waals surface area (Å²) in [4.78, 5) is 12.6. The molecule has 26 heavy (non-hydrogen) atoms. The van der Waals surface area contributed by atoms with Gasteiger partial charge in [-0.15, -0.1) is 35.3 Å². The Kier molecular flexibility index (Phi) is 9.59. The van der Waals surface area contributed by atoms with Crippen LogP contribution in [-0.2, 0) is 12.6 Å². The first-order valence-corrected chi connectivity index (χ1v) is 9.48. The molecule has 0 spiro atoms. The van der Waals surface area contributed by atoms with Crippen molar-refractivity contribution in [2.45, 2.75) is 38.9 Å². The molecular formula is C16H27F3IN5S. The van der Waals surface area contributed by atoms with Crippen LogP contribution in [0.1, 0.15) is 31.0 Å². The van der Waals surface area contributed by atoms with Gasteiger partial charge in [-0.05, 0) is 19.5 Å². The van der Waals surface area contributed by atoms with E-state index >= 15 is 0 Å². The minimum Gasteiger partial charge on any atom is -0.356 e. The first-order chi connectivity index (χ1) is 11.9. The lowest BCUT2D eigenvalue weighted by molar-refractivity contribution is -0.140. The minimum absolute atomic E-state index is 0. The molecule has 1 N–H and O–H groups in total. The lowest BCUT2D eigenvalue weighted by atomic mass is 10.2. The number of halogens is 4. The van der Waals surface area contributed by atoms with E-state index < -0.39 is 11.9 Å². The maximum absolute atomic E-state index is 12.6. The number of aromatic nitrogens is 1. The van der Waals surface area contributed by atoms with Crippen LogP contribution in [0.25, 0.3) is 0 Å². The third-order valence-electron chi connectivity index (χ3n) is 4.47. The average molecular weight is 505 g/mol. The van der Waals surface area contributed by atoms with Gasteiger partial charge >= 0.3 is 6.18 Å². The SMILES string of the molecule is CCN(CC)C1CCN(C(=NC)NCCc2nc(C(F)(F)F)cs2)C1.I. The summed E-state index contributed by atoms with van der Waals surface area (Å²) in [6, 6.07) is 0.529. The van der Waals surface area contributed by atoms with Crippen molar-refractivity contribution in [3.8, 4) is 0 Å². The Morgan fingerprint density at radius 3 is 2.65 bits per heavy atom. The van der Waals surface area contributed by atoms with Gasteiger partial charge in [0.25, 0.3) is 0 Å². The predicted octanol–water partition coefficient (Wildman–Crippen LogP) is 3.31. The van der Waals surface area contributed by atoms with Crippen molar-refractivity contribution < 1.29 is 13.2 Å². The lowest BCUT2D eigenvalue weighted by Gasteiger charge is -2.27. The molecule has 10 heteroatoms. The second-order valence-electron chi connectivity index (χ2n) is 5.96. The van der Waals surface area contributed by atoms with E-state index in [2.05, 4.69) is 38.9 Å². The maximum Gasteiger partial charge on any atom is 0.434 e. The van der Waals surface area contributed by atoms with Crippen molar-refractivity contribution in [1.82, 2.24) is 20.1 Å². The van der Waals surface area contributed by atoms with Gasteiger partial charge in [-0.1, -0.05) is 13.8 Å². The quantitative estimate of drug-likeness (QED) is 0.366. The van der Waals surface area contributed by atoms with Crippen LogP contribution in [0.5, 0.6) is 0 Å². The van der Waals surface area contributed by atoms with Crippen molar-refractivity contribution in [2.24, 2.45) is 4.99 Å². The van der Waals surface area contributed by atoms with E-state index in [9.17, 15) is 13.2 Å². The number of likely N-dealkylation sites (tertiary alicyclic amines) is 1. The van der Waals surface area contributed by atoms with E-state index in [1.807, 2.05) is 0 Å². The van der Waals surface area contributed by atoms with Gasteiger partial charge in [0.15, 0.2) is 11.7 Å². The van der Waals surface area contributed by atoms with Gasteiger partial charge in [-0.25, -0.2) is 4.98 Å². The molecule has 150 valence electrons. The number of rotatable bonds is 6. The Hall–Kier alpha value is -0.620. The van der Waals surface area contributed by atoms with Crippen molar-refractivity contribution in [1.29, 1.82) is 0 Å². The maximum atomic E-state index is 12.6. The molecule has 1 aliphatic heterocycles. The molecule has 1 unspecified atom stereocenters. The van der Waals surface area contributed by atoms with E-state index in [1.165, 1.54) is 0 Å². The summed E-state index contributed by atoms with van der Waals surface area (Å²) in [5.74, 6) is 0.808. The highest BCUT2D eigenvalue weighted by molar-refractivity contribution is 14.0. The summed E-state index contributed by atoms with van der Waals surface area (Å²) in [6.07, 6.45) is -2.82. The first kappa shape index (κ1) is 23.4. The molecule has 0 bridgehead atoms. The van der Waals surface area contributed by atoms with Crippen molar-refractivity contribution >= 4 is 41.3 Å². The van der Waals surface area contributed by atoms with Crippen LogP contribution >= 0.6 is 35.3 Å². The van der Waals surface area contributed by atoms with Crippen LogP contribution in [0, 0.1) is 0 Å². The fourth-order valence-corrected chi connectivity index (χ4v) is 3.95. The Labute approximate surface area is 174 Å². The standard InChI is InChI=1S/C16H26F3N5S.HI/c1-4-23(5-2)12-7-9-24(10-12)15(20-3)21-8-6-14-22-13(11-25-14)16(17,18)19;/h11-12H,4-10H2,1-3H3,(H,20,21);1H. The molecule has 1 atom stereocenters. The van der Waals surface area contributed by atoms with E-state index in [0.717, 1.165) is 55.3 Å². The molecular weight excluding hydrogens is 478 g/mol. The van der Waals surface area contributed by atoms with Crippen molar-refractivity contribution in [2.75, 3.05) is 39.8 Å². The molecule has 0 aliphatic carbocycles. The lowest BCUT2D eigenvalue weighted by Crippen LogP contribution is -2.43. The summed E-state index contributed by atoms with van der Waals surface area (Å²) in [5.41, 5.74) is -0.807. The van der Waals surface area contributed by atoms with E-state index in [4.69, 9.17) is 0 Å². The molecule has 1 aromatic heterocycles. The van der Waals surface area contributed by atoms with Gasteiger partial charge in [0.2, 0.25) is 0 Å². The number of nitrogens with one attached hydrogen (secondary N) is 1. The Bertz CT molecular complexity index is 574. The van der Waals surface area contributed by atoms with Crippen molar-refractivity contribution in [3.63, 3.8) is 0 Å². The molecule has 2 heterocycles. The second kappa shape index (κ2) is 10.6. The van der Waals surface area contributed by atoms with Crippen LogP contribution in [0.4, 0.5) is 13.2 Å². The van der Waals surface area contributed by atoms with Gasteiger partial charge in [0.1, 0.15) is 0 Å². The normalized spacial score (nSPS) is 18.3. The number of hydrogen-bond donors (Lipinski definition) is 1. The molecule has 5 nitrogen and oxygen atoms in total. The third kappa shape index (κ3) is 6.22. The topological polar surface area (TPSA) is 43.8 Å². The number of alkyl halides is 3. The number of nitrogens with zero attached hydrogens (tertiary/aromatic N) is 4. The van der Waals surface area contributed by atoms with Crippen LogP contribution in [0.2, 0.25) is 0 Å².